The molecule has 3 rings (SSSR count). The number of halogens is 1. The molecule has 0 aliphatic carbocycles. The molecule has 0 saturated carbocycles. The standard InChI is InChI=1S/C17H24N4O5S.ClH/c1-17(15(22)19-16(23)20-17)13-9-12(6-7-14(13)26-3)27(24,25)21-8-4-5-11(10-21)18-2;/h6-7,9,11,18H,4-5,8,10H2,1-3H3,(H2,19,20,22,23);1H. The summed E-state index contributed by atoms with van der Waals surface area (Å²) in [4.78, 5) is 24.0. The van der Waals surface area contributed by atoms with Gasteiger partial charge in [-0.05, 0) is 45.0 Å². The van der Waals surface area contributed by atoms with Crippen LogP contribution in [-0.2, 0) is 20.4 Å². The maximum Gasteiger partial charge on any atom is 0.322 e. The normalized spacial score (nSPS) is 25.6. The van der Waals surface area contributed by atoms with Crippen molar-refractivity contribution in [2.75, 3.05) is 27.2 Å². The highest BCUT2D eigenvalue weighted by Gasteiger charge is 2.46. The van der Waals surface area contributed by atoms with Crippen LogP contribution in [0.1, 0.15) is 25.3 Å². The summed E-state index contributed by atoms with van der Waals surface area (Å²) in [5, 5.41) is 7.85. The highest BCUT2D eigenvalue weighted by Crippen LogP contribution is 2.35. The van der Waals surface area contributed by atoms with Gasteiger partial charge in [0.05, 0.1) is 12.0 Å². The molecule has 1 aromatic carbocycles. The van der Waals surface area contributed by atoms with E-state index in [1.54, 1.807) is 0 Å². The first-order valence-corrected chi connectivity index (χ1v) is 10.2. The van der Waals surface area contributed by atoms with E-state index < -0.39 is 27.5 Å². The molecule has 2 heterocycles. The van der Waals surface area contributed by atoms with Gasteiger partial charge in [0.1, 0.15) is 11.3 Å². The van der Waals surface area contributed by atoms with Crippen LogP contribution in [-0.4, -0.2) is 58.0 Å². The van der Waals surface area contributed by atoms with Crippen molar-refractivity contribution in [1.29, 1.82) is 0 Å². The van der Waals surface area contributed by atoms with E-state index in [0.717, 1.165) is 12.8 Å². The molecule has 2 saturated heterocycles. The van der Waals surface area contributed by atoms with E-state index in [0.29, 0.717) is 18.8 Å². The van der Waals surface area contributed by atoms with Crippen LogP contribution in [0.4, 0.5) is 4.79 Å². The summed E-state index contributed by atoms with van der Waals surface area (Å²) in [5.41, 5.74) is -1.12. The van der Waals surface area contributed by atoms with Crippen molar-refractivity contribution in [2.45, 2.75) is 36.2 Å². The minimum Gasteiger partial charge on any atom is -0.496 e. The first-order valence-electron chi connectivity index (χ1n) is 8.72. The van der Waals surface area contributed by atoms with E-state index >= 15 is 0 Å². The molecule has 1 aromatic rings. The SMILES string of the molecule is CNC1CCCN(S(=O)(=O)c2ccc(OC)c(C3(C)NC(=O)NC3=O)c2)C1.Cl. The van der Waals surface area contributed by atoms with Crippen molar-refractivity contribution in [1.82, 2.24) is 20.3 Å². The van der Waals surface area contributed by atoms with Crippen LogP contribution in [0.2, 0.25) is 0 Å². The van der Waals surface area contributed by atoms with E-state index in [1.807, 2.05) is 7.05 Å². The fourth-order valence-corrected chi connectivity index (χ4v) is 5.07. The number of methoxy groups -OCH3 is 1. The third-order valence-corrected chi connectivity index (χ3v) is 7.05. The molecule has 2 atom stereocenters. The Labute approximate surface area is 170 Å². The Morgan fingerprint density at radius 2 is 2.04 bits per heavy atom. The minimum atomic E-state index is -3.75. The first-order chi connectivity index (χ1) is 12.7. The van der Waals surface area contributed by atoms with E-state index in [4.69, 9.17) is 4.74 Å². The third-order valence-electron chi connectivity index (χ3n) is 5.18. The Bertz CT molecular complexity index is 878. The topological polar surface area (TPSA) is 117 Å². The van der Waals surface area contributed by atoms with Gasteiger partial charge in [0.15, 0.2) is 0 Å². The second kappa shape index (κ2) is 8.24. The van der Waals surface area contributed by atoms with Gasteiger partial charge in [-0.1, -0.05) is 0 Å². The molecule has 2 unspecified atom stereocenters. The quantitative estimate of drug-likeness (QED) is 0.585. The molecule has 11 heteroatoms. The lowest BCUT2D eigenvalue weighted by atomic mass is 9.91. The molecule has 2 fully saturated rings. The van der Waals surface area contributed by atoms with E-state index in [1.165, 1.54) is 36.5 Å². The average Bonchev–Trinajstić information content (AvgIpc) is 2.93. The van der Waals surface area contributed by atoms with Crippen LogP contribution in [0.25, 0.3) is 0 Å². The number of urea groups is 1. The number of ether oxygens (including phenoxy) is 1. The predicted molar refractivity (Wildman–Crippen MR) is 105 cm³/mol. The number of imide groups is 1. The van der Waals surface area contributed by atoms with Gasteiger partial charge in [0, 0.05) is 24.7 Å². The summed E-state index contributed by atoms with van der Waals surface area (Å²) in [7, 11) is -0.509. The maximum absolute atomic E-state index is 13.1. The highest BCUT2D eigenvalue weighted by atomic mass is 35.5. The summed E-state index contributed by atoms with van der Waals surface area (Å²) in [6.07, 6.45) is 1.69. The summed E-state index contributed by atoms with van der Waals surface area (Å²) in [5.74, 6) is -0.242. The van der Waals surface area contributed by atoms with Crippen LogP contribution < -0.4 is 20.7 Å². The van der Waals surface area contributed by atoms with Crippen LogP contribution in [0.5, 0.6) is 5.75 Å². The van der Waals surface area contributed by atoms with E-state index in [2.05, 4.69) is 16.0 Å². The number of sulfonamides is 1. The predicted octanol–water partition coefficient (Wildman–Crippen LogP) is 0.544. The maximum atomic E-state index is 13.1. The largest absolute Gasteiger partial charge is 0.496 e. The number of benzene rings is 1. The number of carbonyl (C=O) groups excluding carboxylic acids is 2. The number of rotatable bonds is 5. The lowest BCUT2D eigenvalue weighted by Crippen LogP contribution is -2.47. The van der Waals surface area contributed by atoms with Crippen molar-refractivity contribution in [2.24, 2.45) is 0 Å². The highest BCUT2D eigenvalue weighted by molar-refractivity contribution is 7.89. The molecule has 9 nitrogen and oxygen atoms in total. The summed E-state index contributed by atoms with van der Waals surface area (Å²) in [6, 6.07) is 3.83. The van der Waals surface area contributed by atoms with Gasteiger partial charge in [-0.3, -0.25) is 10.1 Å². The molecular formula is C17H25ClN4O5S. The number of piperidine rings is 1. The lowest BCUT2D eigenvalue weighted by molar-refractivity contribution is -0.123. The van der Waals surface area contributed by atoms with Crippen LogP contribution in [0, 0.1) is 0 Å². The monoisotopic (exact) mass is 432 g/mol. The number of nitrogens with one attached hydrogen (secondary N) is 3. The molecule has 0 spiro atoms. The number of amides is 3. The fourth-order valence-electron chi connectivity index (χ4n) is 3.52. The van der Waals surface area contributed by atoms with Crippen molar-refractivity contribution in [3.63, 3.8) is 0 Å². The molecule has 3 amide bonds. The zero-order valence-electron chi connectivity index (χ0n) is 15.9. The van der Waals surface area contributed by atoms with E-state index in [-0.39, 0.29) is 28.9 Å². The summed E-state index contributed by atoms with van der Waals surface area (Å²) >= 11 is 0. The molecule has 156 valence electrons. The molecule has 28 heavy (non-hydrogen) atoms. The summed E-state index contributed by atoms with van der Waals surface area (Å²) < 4.78 is 33.0. The zero-order valence-corrected chi connectivity index (χ0v) is 17.6. The Kier molecular flexibility index (Phi) is 6.59. The molecule has 2 aliphatic rings. The van der Waals surface area contributed by atoms with Gasteiger partial charge in [0.25, 0.3) is 5.91 Å². The lowest BCUT2D eigenvalue weighted by Gasteiger charge is -2.32. The molecule has 0 aromatic heterocycles. The average molecular weight is 433 g/mol. The number of hydrogen-bond donors (Lipinski definition) is 3. The zero-order chi connectivity index (χ0) is 19.8. The minimum absolute atomic E-state index is 0. The third kappa shape index (κ3) is 3.82. The van der Waals surface area contributed by atoms with E-state index in [9.17, 15) is 18.0 Å². The van der Waals surface area contributed by atoms with Crippen molar-refractivity contribution < 1.29 is 22.7 Å². The number of hydrogen-bond acceptors (Lipinski definition) is 6. The smallest absolute Gasteiger partial charge is 0.322 e. The van der Waals surface area contributed by atoms with Crippen LogP contribution in [0.15, 0.2) is 23.1 Å². The van der Waals surface area contributed by atoms with Gasteiger partial charge in [-0.2, -0.15) is 4.31 Å². The number of likely N-dealkylation sites (N-methyl/N-ethyl adjacent to an activating group) is 1. The van der Waals surface area contributed by atoms with Gasteiger partial charge in [-0.25, -0.2) is 13.2 Å². The summed E-state index contributed by atoms with van der Waals surface area (Å²) in [6.45, 7) is 2.34. The fraction of sp³-hybridized carbons (Fsp3) is 0.529. The van der Waals surface area contributed by atoms with Crippen molar-refractivity contribution >= 4 is 34.4 Å². The molecule has 0 radical (unpaired) electrons. The van der Waals surface area contributed by atoms with Gasteiger partial charge in [0.2, 0.25) is 10.0 Å². The van der Waals surface area contributed by atoms with Crippen molar-refractivity contribution in [3.8, 4) is 5.75 Å². The van der Waals surface area contributed by atoms with Gasteiger partial charge >= 0.3 is 6.03 Å². The molecule has 0 bridgehead atoms. The Morgan fingerprint density at radius 3 is 2.61 bits per heavy atom. The van der Waals surface area contributed by atoms with Crippen LogP contribution >= 0.6 is 12.4 Å². The van der Waals surface area contributed by atoms with Gasteiger partial charge in [-0.15, -0.1) is 12.4 Å². The molecule has 2 aliphatic heterocycles. The second-order valence-electron chi connectivity index (χ2n) is 6.89. The Balaban J connectivity index is 0.00000280. The van der Waals surface area contributed by atoms with Gasteiger partial charge < -0.3 is 15.4 Å². The molecular weight excluding hydrogens is 408 g/mol. The van der Waals surface area contributed by atoms with Crippen LogP contribution in [0.3, 0.4) is 0 Å². The molecule has 3 N–H and O–H groups in total. The first kappa shape index (κ1) is 22.4. The van der Waals surface area contributed by atoms with Crippen molar-refractivity contribution in [3.05, 3.63) is 23.8 Å². The Morgan fingerprint density at radius 1 is 1.32 bits per heavy atom. The number of carbonyl (C=O) groups is 2. The Hall–Kier alpha value is -1.88. The number of nitrogens with zero attached hydrogens (tertiary/aromatic N) is 1. The second-order valence-corrected chi connectivity index (χ2v) is 8.82.